The summed E-state index contributed by atoms with van der Waals surface area (Å²) in [6.07, 6.45) is 9.22. The van der Waals surface area contributed by atoms with Crippen LogP contribution >= 0.6 is 0 Å². The van der Waals surface area contributed by atoms with Crippen molar-refractivity contribution in [2.45, 2.75) is 70.9 Å². The van der Waals surface area contributed by atoms with Gasteiger partial charge in [0.15, 0.2) is 0 Å². The zero-order valence-electron chi connectivity index (χ0n) is 10.5. The number of hydrogen-bond donors (Lipinski definition) is 1. The third-order valence-electron chi connectivity index (χ3n) is 3.62. The molecule has 1 rings (SSSR count). The Labute approximate surface area is 95.2 Å². The fraction of sp³-hybridized carbons (Fsp3) is 1.00. The first kappa shape index (κ1) is 13.0. The Morgan fingerprint density at radius 3 is 2.80 bits per heavy atom. The van der Waals surface area contributed by atoms with Crippen LogP contribution in [-0.4, -0.2) is 30.1 Å². The molecule has 90 valence electrons. The lowest BCUT2D eigenvalue weighted by atomic mass is 9.98. The minimum Gasteiger partial charge on any atom is -0.327 e. The molecule has 1 aliphatic rings. The third-order valence-corrected chi connectivity index (χ3v) is 3.62. The molecule has 2 N–H and O–H groups in total. The first-order valence-electron chi connectivity index (χ1n) is 6.77. The van der Waals surface area contributed by atoms with Crippen LogP contribution in [0.4, 0.5) is 0 Å². The van der Waals surface area contributed by atoms with E-state index in [9.17, 15) is 0 Å². The first-order chi connectivity index (χ1) is 7.27. The van der Waals surface area contributed by atoms with Crippen LogP contribution in [0, 0.1) is 0 Å². The average Bonchev–Trinajstić information content (AvgIpc) is 2.27. The summed E-state index contributed by atoms with van der Waals surface area (Å²) in [6.45, 7) is 6.94. The van der Waals surface area contributed by atoms with Gasteiger partial charge in [-0.3, -0.25) is 4.90 Å². The highest BCUT2D eigenvalue weighted by Gasteiger charge is 2.21. The van der Waals surface area contributed by atoms with Gasteiger partial charge in [-0.2, -0.15) is 0 Å². The Kier molecular flexibility index (Phi) is 6.26. The maximum absolute atomic E-state index is 6.17. The molecule has 1 saturated heterocycles. The number of unbranched alkanes of at least 4 members (excludes halogenated alkanes) is 1. The zero-order valence-corrected chi connectivity index (χ0v) is 10.5. The van der Waals surface area contributed by atoms with Crippen LogP contribution in [0.3, 0.4) is 0 Å². The van der Waals surface area contributed by atoms with Gasteiger partial charge in [-0.1, -0.05) is 33.1 Å². The van der Waals surface area contributed by atoms with E-state index in [0.717, 1.165) is 12.6 Å². The van der Waals surface area contributed by atoms with E-state index < -0.39 is 0 Å². The van der Waals surface area contributed by atoms with Crippen LogP contribution in [0.25, 0.3) is 0 Å². The van der Waals surface area contributed by atoms with Gasteiger partial charge < -0.3 is 5.73 Å². The van der Waals surface area contributed by atoms with Gasteiger partial charge in [-0.05, 0) is 32.2 Å². The predicted octanol–water partition coefficient (Wildman–Crippen LogP) is 2.77. The van der Waals surface area contributed by atoms with Gasteiger partial charge in [0, 0.05) is 18.6 Å². The molecular weight excluding hydrogens is 184 g/mol. The predicted molar refractivity (Wildman–Crippen MR) is 67.0 cm³/mol. The summed E-state index contributed by atoms with van der Waals surface area (Å²) in [4.78, 5) is 2.63. The monoisotopic (exact) mass is 212 g/mol. The topological polar surface area (TPSA) is 29.3 Å². The molecule has 0 amide bonds. The maximum atomic E-state index is 6.17. The SMILES string of the molecule is CCCCC(N)CN1CCCCC1CC. The summed E-state index contributed by atoms with van der Waals surface area (Å²) < 4.78 is 0. The number of piperidine rings is 1. The second-order valence-corrected chi connectivity index (χ2v) is 4.96. The van der Waals surface area contributed by atoms with Crippen LogP contribution in [0.15, 0.2) is 0 Å². The molecule has 0 saturated carbocycles. The smallest absolute Gasteiger partial charge is 0.0167 e. The molecule has 0 bridgehead atoms. The lowest BCUT2D eigenvalue weighted by Gasteiger charge is -2.36. The van der Waals surface area contributed by atoms with E-state index >= 15 is 0 Å². The Balaban J connectivity index is 2.27. The van der Waals surface area contributed by atoms with Crippen LogP contribution in [-0.2, 0) is 0 Å². The van der Waals surface area contributed by atoms with Crippen molar-refractivity contribution in [3.63, 3.8) is 0 Å². The van der Waals surface area contributed by atoms with Crippen LogP contribution in [0.2, 0.25) is 0 Å². The summed E-state index contributed by atoms with van der Waals surface area (Å²) in [5.74, 6) is 0. The molecule has 2 nitrogen and oxygen atoms in total. The molecular formula is C13H28N2. The molecule has 0 aromatic carbocycles. The lowest BCUT2D eigenvalue weighted by molar-refractivity contribution is 0.134. The summed E-state index contributed by atoms with van der Waals surface area (Å²) >= 11 is 0. The highest BCUT2D eigenvalue weighted by Crippen LogP contribution is 2.19. The Bertz CT molecular complexity index is 159. The Morgan fingerprint density at radius 2 is 2.13 bits per heavy atom. The van der Waals surface area contributed by atoms with E-state index in [1.54, 1.807) is 0 Å². The van der Waals surface area contributed by atoms with E-state index in [-0.39, 0.29) is 0 Å². The third kappa shape index (κ3) is 4.52. The standard InChI is InChI=1S/C13H28N2/c1-3-5-8-12(14)11-15-10-7-6-9-13(15)4-2/h12-13H,3-11,14H2,1-2H3. The van der Waals surface area contributed by atoms with Gasteiger partial charge in [-0.25, -0.2) is 0 Å². The molecule has 2 unspecified atom stereocenters. The Hall–Kier alpha value is -0.0800. The summed E-state index contributed by atoms with van der Waals surface area (Å²) in [7, 11) is 0. The normalized spacial score (nSPS) is 25.4. The molecule has 0 aromatic rings. The van der Waals surface area contributed by atoms with Gasteiger partial charge in [-0.15, -0.1) is 0 Å². The van der Waals surface area contributed by atoms with E-state index in [2.05, 4.69) is 18.7 Å². The van der Waals surface area contributed by atoms with Gasteiger partial charge in [0.2, 0.25) is 0 Å². The van der Waals surface area contributed by atoms with Gasteiger partial charge >= 0.3 is 0 Å². The number of nitrogens with zero attached hydrogens (tertiary/aromatic N) is 1. The summed E-state index contributed by atoms with van der Waals surface area (Å²) in [5.41, 5.74) is 6.17. The first-order valence-corrected chi connectivity index (χ1v) is 6.77. The minimum atomic E-state index is 0.400. The molecule has 2 heteroatoms. The molecule has 0 aliphatic carbocycles. The van der Waals surface area contributed by atoms with Gasteiger partial charge in [0.25, 0.3) is 0 Å². The van der Waals surface area contributed by atoms with Crippen LogP contribution in [0.1, 0.15) is 58.8 Å². The Morgan fingerprint density at radius 1 is 1.33 bits per heavy atom. The number of hydrogen-bond acceptors (Lipinski definition) is 2. The van der Waals surface area contributed by atoms with E-state index in [1.807, 2.05) is 0 Å². The largest absolute Gasteiger partial charge is 0.327 e. The molecule has 0 spiro atoms. The van der Waals surface area contributed by atoms with Crippen LogP contribution < -0.4 is 5.73 Å². The van der Waals surface area contributed by atoms with Crippen molar-refractivity contribution in [2.24, 2.45) is 5.73 Å². The molecule has 15 heavy (non-hydrogen) atoms. The summed E-state index contributed by atoms with van der Waals surface area (Å²) in [5, 5.41) is 0. The van der Waals surface area contributed by atoms with Crippen molar-refractivity contribution in [3.8, 4) is 0 Å². The van der Waals surface area contributed by atoms with Crippen molar-refractivity contribution in [3.05, 3.63) is 0 Å². The number of nitrogens with two attached hydrogens (primary N) is 1. The van der Waals surface area contributed by atoms with Gasteiger partial charge in [0.05, 0.1) is 0 Å². The molecule has 1 aliphatic heterocycles. The van der Waals surface area contributed by atoms with E-state index in [4.69, 9.17) is 5.73 Å². The zero-order chi connectivity index (χ0) is 11.1. The second kappa shape index (κ2) is 7.24. The van der Waals surface area contributed by atoms with E-state index in [0.29, 0.717) is 6.04 Å². The molecule has 0 radical (unpaired) electrons. The van der Waals surface area contributed by atoms with Crippen molar-refractivity contribution >= 4 is 0 Å². The second-order valence-electron chi connectivity index (χ2n) is 4.96. The van der Waals surface area contributed by atoms with Crippen molar-refractivity contribution in [2.75, 3.05) is 13.1 Å². The highest BCUT2D eigenvalue weighted by atomic mass is 15.2. The molecule has 1 fully saturated rings. The molecule has 2 atom stereocenters. The quantitative estimate of drug-likeness (QED) is 0.733. The maximum Gasteiger partial charge on any atom is 0.0167 e. The van der Waals surface area contributed by atoms with Crippen molar-refractivity contribution < 1.29 is 0 Å². The van der Waals surface area contributed by atoms with Gasteiger partial charge in [0.1, 0.15) is 0 Å². The van der Waals surface area contributed by atoms with E-state index in [1.165, 1.54) is 51.5 Å². The fourth-order valence-electron chi connectivity index (χ4n) is 2.62. The summed E-state index contributed by atoms with van der Waals surface area (Å²) in [6, 6.07) is 1.21. The fourth-order valence-corrected chi connectivity index (χ4v) is 2.62. The molecule has 1 heterocycles. The number of likely N-dealkylation sites (tertiary alicyclic amines) is 1. The van der Waals surface area contributed by atoms with Crippen molar-refractivity contribution in [1.29, 1.82) is 0 Å². The molecule has 0 aromatic heterocycles. The highest BCUT2D eigenvalue weighted by molar-refractivity contribution is 4.79. The van der Waals surface area contributed by atoms with Crippen molar-refractivity contribution in [1.82, 2.24) is 4.90 Å². The average molecular weight is 212 g/mol. The lowest BCUT2D eigenvalue weighted by Crippen LogP contribution is -2.45. The van der Waals surface area contributed by atoms with Crippen LogP contribution in [0.5, 0.6) is 0 Å². The minimum absolute atomic E-state index is 0.400. The number of rotatable bonds is 6.